The van der Waals surface area contributed by atoms with E-state index in [0.29, 0.717) is 32.8 Å². The first kappa shape index (κ1) is 23.4. The van der Waals surface area contributed by atoms with Crippen molar-refractivity contribution in [3.63, 3.8) is 0 Å². The van der Waals surface area contributed by atoms with Crippen molar-refractivity contribution in [3.05, 3.63) is 52.6 Å². The molecule has 1 atom stereocenters. The number of benzene rings is 1. The summed E-state index contributed by atoms with van der Waals surface area (Å²) in [5, 5.41) is 4.70. The average molecular weight is 457 g/mol. The molecular formula is C25H33FN4O3. The van der Waals surface area contributed by atoms with Gasteiger partial charge in [0.15, 0.2) is 0 Å². The van der Waals surface area contributed by atoms with E-state index in [-0.39, 0.29) is 23.6 Å². The quantitative estimate of drug-likeness (QED) is 0.626. The lowest BCUT2D eigenvalue weighted by Crippen LogP contribution is -2.43. The highest BCUT2D eigenvalue weighted by atomic mass is 19.1. The van der Waals surface area contributed by atoms with Gasteiger partial charge < -0.3 is 9.64 Å². The van der Waals surface area contributed by atoms with Crippen LogP contribution >= 0.6 is 0 Å². The second kappa shape index (κ2) is 10.5. The van der Waals surface area contributed by atoms with Crippen LogP contribution in [0.25, 0.3) is 0 Å². The van der Waals surface area contributed by atoms with E-state index in [0.717, 1.165) is 55.7 Å². The monoisotopic (exact) mass is 456 g/mol. The number of carbonyl (C=O) groups is 2. The SMILES string of the molecule is CCOC(=O)C1CCCN(CC(=O)N2CCc3c(C)nn(Cc4ccc(F)cc4)c3C2)CC1. The number of aryl methyl sites for hydroxylation is 1. The zero-order chi connectivity index (χ0) is 23.4. The number of ether oxygens (including phenoxy) is 1. The summed E-state index contributed by atoms with van der Waals surface area (Å²) in [6.45, 7) is 7.95. The number of nitrogens with zero attached hydrogens (tertiary/aromatic N) is 4. The molecule has 2 aliphatic rings. The van der Waals surface area contributed by atoms with Crippen LogP contribution < -0.4 is 0 Å². The number of likely N-dealkylation sites (tertiary alicyclic amines) is 1. The smallest absolute Gasteiger partial charge is 0.308 e. The van der Waals surface area contributed by atoms with Gasteiger partial charge in [-0.3, -0.25) is 19.2 Å². The Labute approximate surface area is 194 Å². The lowest BCUT2D eigenvalue weighted by molar-refractivity contribution is -0.148. The Morgan fingerprint density at radius 1 is 1.15 bits per heavy atom. The minimum Gasteiger partial charge on any atom is -0.466 e. The highest BCUT2D eigenvalue weighted by molar-refractivity contribution is 5.78. The third kappa shape index (κ3) is 5.61. The fourth-order valence-electron chi connectivity index (χ4n) is 4.88. The van der Waals surface area contributed by atoms with Crippen molar-refractivity contribution in [1.29, 1.82) is 0 Å². The highest BCUT2D eigenvalue weighted by Crippen LogP contribution is 2.24. The molecule has 0 bridgehead atoms. The summed E-state index contributed by atoms with van der Waals surface area (Å²) in [5.41, 5.74) is 4.26. The molecule has 1 unspecified atom stereocenters. The number of hydrogen-bond donors (Lipinski definition) is 0. The van der Waals surface area contributed by atoms with Gasteiger partial charge in [-0.05, 0) is 75.9 Å². The Kier molecular flexibility index (Phi) is 7.42. The van der Waals surface area contributed by atoms with E-state index in [9.17, 15) is 14.0 Å². The molecule has 2 aromatic rings. The molecule has 0 spiro atoms. The summed E-state index contributed by atoms with van der Waals surface area (Å²) in [7, 11) is 0. The maximum atomic E-state index is 13.3. The van der Waals surface area contributed by atoms with Crippen molar-refractivity contribution in [3.8, 4) is 0 Å². The Morgan fingerprint density at radius 2 is 1.94 bits per heavy atom. The van der Waals surface area contributed by atoms with E-state index in [1.807, 2.05) is 23.4 Å². The first-order valence-electron chi connectivity index (χ1n) is 11.9. The number of fused-ring (bicyclic) bond motifs is 1. The molecule has 178 valence electrons. The van der Waals surface area contributed by atoms with Crippen LogP contribution in [-0.2, 0) is 33.8 Å². The number of rotatable bonds is 6. The molecule has 7 nitrogen and oxygen atoms in total. The van der Waals surface area contributed by atoms with Crippen LogP contribution in [-0.4, -0.2) is 64.2 Å². The third-order valence-corrected chi connectivity index (χ3v) is 6.74. The summed E-state index contributed by atoms with van der Waals surface area (Å²) < 4.78 is 20.4. The van der Waals surface area contributed by atoms with E-state index in [1.54, 1.807) is 12.1 Å². The van der Waals surface area contributed by atoms with Gasteiger partial charge in [-0.1, -0.05) is 12.1 Å². The number of halogens is 1. The van der Waals surface area contributed by atoms with Crippen LogP contribution in [0.5, 0.6) is 0 Å². The van der Waals surface area contributed by atoms with Crippen LogP contribution in [0.1, 0.15) is 48.7 Å². The molecule has 8 heteroatoms. The number of hydrogen-bond acceptors (Lipinski definition) is 5. The molecule has 0 radical (unpaired) electrons. The van der Waals surface area contributed by atoms with Gasteiger partial charge in [0.05, 0.1) is 43.5 Å². The molecule has 4 rings (SSSR count). The van der Waals surface area contributed by atoms with Crippen molar-refractivity contribution in [2.24, 2.45) is 5.92 Å². The third-order valence-electron chi connectivity index (χ3n) is 6.74. The minimum absolute atomic E-state index is 0.0635. The van der Waals surface area contributed by atoms with Gasteiger partial charge in [-0.2, -0.15) is 5.10 Å². The maximum absolute atomic E-state index is 13.3. The molecule has 1 amide bonds. The molecule has 1 aromatic heterocycles. The fourth-order valence-corrected chi connectivity index (χ4v) is 4.88. The molecule has 1 saturated heterocycles. The van der Waals surface area contributed by atoms with Crippen LogP contribution in [0.3, 0.4) is 0 Å². The molecule has 0 saturated carbocycles. The Hall–Kier alpha value is -2.74. The second-order valence-electron chi connectivity index (χ2n) is 9.02. The summed E-state index contributed by atoms with van der Waals surface area (Å²) in [6.07, 6.45) is 3.24. The largest absolute Gasteiger partial charge is 0.466 e. The van der Waals surface area contributed by atoms with Crippen molar-refractivity contribution in [2.75, 3.05) is 32.8 Å². The van der Waals surface area contributed by atoms with Gasteiger partial charge in [0.1, 0.15) is 5.82 Å². The minimum atomic E-state index is -0.253. The standard InChI is InChI=1S/C25H33FN4O3/c1-3-33-25(32)20-5-4-12-28(13-10-20)17-24(31)29-14-11-22-18(2)27-30(23(22)16-29)15-19-6-8-21(26)9-7-19/h6-9,20H,3-5,10-17H2,1-2H3. The molecule has 0 N–H and O–H groups in total. The zero-order valence-corrected chi connectivity index (χ0v) is 19.6. The lowest BCUT2D eigenvalue weighted by Gasteiger charge is -2.30. The van der Waals surface area contributed by atoms with E-state index < -0.39 is 0 Å². The Bertz CT molecular complexity index is 988. The highest BCUT2D eigenvalue weighted by Gasteiger charge is 2.29. The lowest BCUT2D eigenvalue weighted by atomic mass is 10.0. The summed E-state index contributed by atoms with van der Waals surface area (Å²) >= 11 is 0. The zero-order valence-electron chi connectivity index (χ0n) is 19.6. The summed E-state index contributed by atoms with van der Waals surface area (Å²) in [4.78, 5) is 29.3. The second-order valence-corrected chi connectivity index (χ2v) is 9.02. The van der Waals surface area contributed by atoms with Crippen LogP contribution in [0.15, 0.2) is 24.3 Å². The number of esters is 1. The summed E-state index contributed by atoms with van der Waals surface area (Å²) in [6, 6.07) is 6.46. The topological polar surface area (TPSA) is 67.7 Å². The number of amides is 1. The van der Waals surface area contributed by atoms with Gasteiger partial charge in [0, 0.05) is 6.54 Å². The molecule has 1 aromatic carbocycles. The van der Waals surface area contributed by atoms with E-state index >= 15 is 0 Å². The number of carbonyl (C=O) groups excluding carboxylic acids is 2. The maximum Gasteiger partial charge on any atom is 0.308 e. The Morgan fingerprint density at radius 3 is 2.70 bits per heavy atom. The van der Waals surface area contributed by atoms with Gasteiger partial charge in [-0.15, -0.1) is 0 Å². The normalized spacial score (nSPS) is 19.1. The first-order valence-corrected chi connectivity index (χ1v) is 11.9. The van der Waals surface area contributed by atoms with Crippen LogP contribution in [0.2, 0.25) is 0 Å². The predicted octanol–water partition coefficient (Wildman–Crippen LogP) is 2.93. The fraction of sp³-hybridized carbons (Fsp3) is 0.560. The molecule has 1 fully saturated rings. The van der Waals surface area contributed by atoms with Crippen molar-refractivity contribution >= 4 is 11.9 Å². The summed E-state index contributed by atoms with van der Waals surface area (Å²) in [5.74, 6) is -0.316. The van der Waals surface area contributed by atoms with Crippen molar-refractivity contribution in [2.45, 2.75) is 52.6 Å². The first-order chi connectivity index (χ1) is 15.9. The van der Waals surface area contributed by atoms with Gasteiger partial charge >= 0.3 is 5.97 Å². The van der Waals surface area contributed by atoms with Gasteiger partial charge in [0.25, 0.3) is 0 Å². The van der Waals surface area contributed by atoms with Gasteiger partial charge in [-0.25, -0.2) is 4.39 Å². The van der Waals surface area contributed by atoms with Crippen LogP contribution in [0.4, 0.5) is 4.39 Å². The van der Waals surface area contributed by atoms with E-state index in [4.69, 9.17) is 9.84 Å². The Balaban J connectivity index is 1.37. The molecule has 3 heterocycles. The molecule has 33 heavy (non-hydrogen) atoms. The number of aromatic nitrogens is 2. The van der Waals surface area contributed by atoms with Crippen LogP contribution in [0, 0.1) is 18.7 Å². The molecule has 0 aliphatic carbocycles. The van der Waals surface area contributed by atoms with E-state index in [1.165, 1.54) is 17.7 Å². The average Bonchev–Trinajstić information content (AvgIpc) is 2.96. The predicted molar refractivity (Wildman–Crippen MR) is 122 cm³/mol. The van der Waals surface area contributed by atoms with Crippen molar-refractivity contribution in [1.82, 2.24) is 19.6 Å². The molecule has 2 aliphatic heterocycles. The van der Waals surface area contributed by atoms with Gasteiger partial charge in [0.2, 0.25) is 5.91 Å². The van der Waals surface area contributed by atoms with E-state index in [2.05, 4.69) is 4.90 Å². The van der Waals surface area contributed by atoms with Crippen molar-refractivity contribution < 1.29 is 18.7 Å². The molecular weight excluding hydrogens is 423 g/mol.